The largest absolute Gasteiger partial charge is 0.461 e. The fraction of sp³-hybridized carbons (Fsp3) is 0.562. The molecule has 2 rings (SSSR count). The van der Waals surface area contributed by atoms with Crippen LogP contribution < -0.4 is 10.6 Å². The minimum atomic E-state index is 0. The third kappa shape index (κ3) is 7.86. The molecule has 2 heterocycles. The lowest BCUT2D eigenvalue weighted by atomic mass is 10.4. The van der Waals surface area contributed by atoms with Gasteiger partial charge in [0.15, 0.2) is 11.7 Å². The van der Waals surface area contributed by atoms with Crippen molar-refractivity contribution in [3.8, 4) is 11.6 Å². The zero-order chi connectivity index (χ0) is 17.0. The highest BCUT2D eigenvalue weighted by molar-refractivity contribution is 14.0. The lowest BCUT2D eigenvalue weighted by Gasteiger charge is -2.10. The Labute approximate surface area is 165 Å². The van der Waals surface area contributed by atoms with Crippen molar-refractivity contribution in [1.29, 1.82) is 0 Å². The molecule has 0 aliphatic heterocycles. The molecule has 9 heteroatoms. The minimum Gasteiger partial charge on any atom is -0.461 e. The number of rotatable bonds is 10. The van der Waals surface area contributed by atoms with Crippen molar-refractivity contribution in [2.75, 3.05) is 32.8 Å². The van der Waals surface area contributed by atoms with E-state index in [4.69, 9.17) is 9.15 Å². The summed E-state index contributed by atoms with van der Waals surface area (Å²) in [5, 5.41) is 13.6. The van der Waals surface area contributed by atoms with Crippen LogP contribution in [0.5, 0.6) is 0 Å². The first-order valence-corrected chi connectivity index (χ1v) is 8.38. The molecule has 2 aromatic heterocycles. The molecule has 0 radical (unpaired) electrons. The summed E-state index contributed by atoms with van der Waals surface area (Å²) < 4.78 is 10.6. The van der Waals surface area contributed by atoms with Crippen LogP contribution in [-0.4, -0.2) is 54.0 Å². The molecule has 0 saturated heterocycles. The molecule has 3 N–H and O–H groups in total. The van der Waals surface area contributed by atoms with E-state index in [2.05, 4.69) is 30.8 Å². The molecule has 0 unspecified atom stereocenters. The molecule has 0 aliphatic rings. The highest BCUT2D eigenvalue weighted by atomic mass is 127. The summed E-state index contributed by atoms with van der Waals surface area (Å²) in [6, 6.07) is 3.65. The summed E-state index contributed by atoms with van der Waals surface area (Å²) in [6.45, 7) is 7.80. The highest BCUT2D eigenvalue weighted by Crippen LogP contribution is 2.14. The van der Waals surface area contributed by atoms with Crippen molar-refractivity contribution in [3.05, 3.63) is 24.2 Å². The van der Waals surface area contributed by atoms with E-state index >= 15 is 0 Å². The maximum absolute atomic E-state index is 5.31. The molecular weight excluding hydrogens is 435 g/mol. The third-order valence-electron chi connectivity index (χ3n) is 3.19. The van der Waals surface area contributed by atoms with Crippen molar-refractivity contribution in [1.82, 2.24) is 25.8 Å². The lowest BCUT2D eigenvalue weighted by molar-refractivity contribution is 0.146. The zero-order valence-corrected chi connectivity index (χ0v) is 17.1. The second-order valence-electron chi connectivity index (χ2n) is 5.07. The van der Waals surface area contributed by atoms with Gasteiger partial charge in [0.1, 0.15) is 5.82 Å². The molecule has 8 nitrogen and oxygen atoms in total. The van der Waals surface area contributed by atoms with Crippen LogP contribution in [0.25, 0.3) is 11.6 Å². The maximum Gasteiger partial charge on any atom is 0.216 e. The highest BCUT2D eigenvalue weighted by Gasteiger charge is 2.08. The maximum atomic E-state index is 5.31. The van der Waals surface area contributed by atoms with E-state index in [-0.39, 0.29) is 24.0 Å². The average molecular weight is 462 g/mol. The first-order valence-electron chi connectivity index (χ1n) is 8.38. The molecule has 25 heavy (non-hydrogen) atoms. The molecule has 0 atom stereocenters. The van der Waals surface area contributed by atoms with Crippen molar-refractivity contribution in [2.45, 2.75) is 26.7 Å². The quantitative estimate of drug-likeness (QED) is 0.217. The van der Waals surface area contributed by atoms with Gasteiger partial charge in [0.2, 0.25) is 5.82 Å². The fourth-order valence-electron chi connectivity index (χ4n) is 2.07. The van der Waals surface area contributed by atoms with Gasteiger partial charge >= 0.3 is 0 Å². The first-order chi connectivity index (χ1) is 11.8. The predicted molar refractivity (Wildman–Crippen MR) is 108 cm³/mol. The van der Waals surface area contributed by atoms with Crippen molar-refractivity contribution in [3.63, 3.8) is 0 Å². The SMILES string of the molecule is CCNC(=NCCCOCC)NCCc1nc(-c2ccco2)n[nH]1.I. The van der Waals surface area contributed by atoms with Gasteiger partial charge in [-0.3, -0.25) is 10.1 Å². The van der Waals surface area contributed by atoms with E-state index < -0.39 is 0 Å². The Morgan fingerprint density at radius 2 is 2.24 bits per heavy atom. The molecule has 0 bridgehead atoms. The number of furan rings is 1. The van der Waals surface area contributed by atoms with Gasteiger partial charge in [-0.1, -0.05) is 0 Å². The normalized spacial score (nSPS) is 11.2. The standard InChI is InChI=1S/C16H26N6O2.HI/c1-3-17-16(18-9-6-11-23-4-2)19-10-8-14-20-15(22-21-14)13-7-5-12-24-13;/h5,7,12H,3-4,6,8-11H2,1-2H3,(H2,17,18,19)(H,20,21,22);1H. The number of ether oxygens (including phenoxy) is 1. The number of nitrogens with one attached hydrogen (secondary N) is 3. The van der Waals surface area contributed by atoms with E-state index in [9.17, 15) is 0 Å². The van der Waals surface area contributed by atoms with Gasteiger partial charge in [0, 0.05) is 39.3 Å². The Bertz CT molecular complexity index is 600. The van der Waals surface area contributed by atoms with Gasteiger partial charge in [-0.15, -0.1) is 24.0 Å². The van der Waals surface area contributed by atoms with Crippen LogP contribution in [0.1, 0.15) is 26.1 Å². The molecule has 0 aromatic carbocycles. The van der Waals surface area contributed by atoms with Crippen LogP contribution in [0.2, 0.25) is 0 Å². The smallest absolute Gasteiger partial charge is 0.216 e. The van der Waals surface area contributed by atoms with Crippen LogP contribution in [-0.2, 0) is 11.2 Å². The summed E-state index contributed by atoms with van der Waals surface area (Å²) in [6.07, 6.45) is 3.24. The Hall–Kier alpha value is -1.62. The first kappa shape index (κ1) is 21.4. The predicted octanol–water partition coefficient (Wildman–Crippen LogP) is 2.21. The van der Waals surface area contributed by atoms with E-state index in [0.717, 1.165) is 50.9 Å². The van der Waals surface area contributed by atoms with Gasteiger partial charge in [-0.25, -0.2) is 4.98 Å². The number of nitrogens with zero attached hydrogens (tertiary/aromatic N) is 3. The van der Waals surface area contributed by atoms with Gasteiger partial charge in [0.25, 0.3) is 0 Å². The van der Waals surface area contributed by atoms with Crippen LogP contribution >= 0.6 is 24.0 Å². The van der Waals surface area contributed by atoms with E-state index in [0.29, 0.717) is 18.1 Å². The number of aromatic amines is 1. The van der Waals surface area contributed by atoms with E-state index in [1.54, 1.807) is 6.26 Å². The fourth-order valence-corrected chi connectivity index (χ4v) is 2.07. The monoisotopic (exact) mass is 462 g/mol. The van der Waals surface area contributed by atoms with Gasteiger partial charge < -0.3 is 19.8 Å². The van der Waals surface area contributed by atoms with Crippen molar-refractivity contribution >= 4 is 29.9 Å². The van der Waals surface area contributed by atoms with Gasteiger partial charge in [-0.05, 0) is 32.4 Å². The van der Waals surface area contributed by atoms with E-state index in [1.165, 1.54) is 0 Å². The number of guanidine groups is 1. The van der Waals surface area contributed by atoms with Crippen LogP contribution in [0.3, 0.4) is 0 Å². The molecule has 140 valence electrons. The Morgan fingerprint density at radius 1 is 1.36 bits per heavy atom. The number of H-pyrrole nitrogens is 1. The van der Waals surface area contributed by atoms with E-state index in [1.807, 2.05) is 26.0 Å². The summed E-state index contributed by atoms with van der Waals surface area (Å²) in [7, 11) is 0. The third-order valence-corrected chi connectivity index (χ3v) is 3.19. The summed E-state index contributed by atoms with van der Waals surface area (Å²) in [5.41, 5.74) is 0. The van der Waals surface area contributed by atoms with Crippen molar-refractivity contribution in [2.24, 2.45) is 4.99 Å². The Kier molecular flexibility index (Phi) is 10.9. The van der Waals surface area contributed by atoms with Gasteiger partial charge in [0.05, 0.1) is 6.26 Å². The van der Waals surface area contributed by atoms with Gasteiger partial charge in [-0.2, -0.15) is 5.10 Å². The number of hydrogen-bond acceptors (Lipinski definition) is 5. The summed E-state index contributed by atoms with van der Waals surface area (Å²) in [5.74, 6) is 2.85. The molecule has 0 saturated carbocycles. The van der Waals surface area contributed by atoms with Crippen LogP contribution in [0.15, 0.2) is 27.8 Å². The topological polar surface area (TPSA) is 100 Å². The second kappa shape index (κ2) is 12.7. The number of hydrogen-bond donors (Lipinski definition) is 3. The summed E-state index contributed by atoms with van der Waals surface area (Å²) in [4.78, 5) is 8.93. The number of aliphatic imine (C=N–C) groups is 1. The number of halogens is 1. The Balaban J connectivity index is 0.00000312. The second-order valence-corrected chi connectivity index (χ2v) is 5.07. The molecule has 0 spiro atoms. The van der Waals surface area contributed by atoms with Crippen LogP contribution in [0.4, 0.5) is 0 Å². The Morgan fingerprint density at radius 3 is 2.96 bits per heavy atom. The van der Waals surface area contributed by atoms with Crippen LogP contribution in [0, 0.1) is 0 Å². The lowest BCUT2D eigenvalue weighted by Crippen LogP contribution is -2.38. The molecule has 0 amide bonds. The molecule has 0 aliphatic carbocycles. The zero-order valence-electron chi connectivity index (χ0n) is 14.7. The minimum absolute atomic E-state index is 0. The average Bonchev–Trinajstić information content (AvgIpc) is 3.26. The molecular formula is C16H27IN6O2. The molecule has 0 fully saturated rings. The molecule has 2 aromatic rings. The van der Waals surface area contributed by atoms with Crippen molar-refractivity contribution < 1.29 is 9.15 Å². The summed E-state index contributed by atoms with van der Waals surface area (Å²) >= 11 is 0. The number of aromatic nitrogens is 3.